The first-order chi connectivity index (χ1) is 8.63. The Morgan fingerprint density at radius 2 is 2.11 bits per heavy atom. The van der Waals surface area contributed by atoms with E-state index in [0.29, 0.717) is 5.92 Å². The van der Waals surface area contributed by atoms with E-state index in [-0.39, 0.29) is 6.42 Å². The smallest absolute Gasteiger partial charge is 0.307 e. The van der Waals surface area contributed by atoms with Crippen molar-refractivity contribution in [2.75, 3.05) is 0 Å². The van der Waals surface area contributed by atoms with Crippen molar-refractivity contribution in [3.63, 3.8) is 0 Å². The standard InChI is InChI=1S/C14H18N2O2/c1-3-10(4-2)14-15-11-6-5-9(8-13(17)18)7-12(11)16-14/h5-7,10H,3-4,8H2,1-2H3,(H,15,16)(H,17,18). The summed E-state index contributed by atoms with van der Waals surface area (Å²) in [5.74, 6) is 0.636. The van der Waals surface area contributed by atoms with Crippen LogP contribution in [0.3, 0.4) is 0 Å². The van der Waals surface area contributed by atoms with Gasteiger partial charge in [-0.1, -0.05) is 19.9 Å². The van der Waals surface area contributed by atoms with E-state index in [1.807, 2.05) is 18.2 Å². The van der Waals surface area contributed by atoms with Crippen molar-refractivity contribution in [2.45, 2.75) is 39.0 Å². The molecule has 18 heavy (non-hydrogen) atoms. The van der Waals surface area contributed by atoms with Gasteiger partial charge < -0.3 is 10.1 Å². The van der Waals surface area contributed by atoms with E-state index < -0.39 is 5.97 Å². The summed E-state index contributed by atoms with van der Waals surface area (Å²) in [5, 5.41) is 8.78. The molecule has 0 amide bonds. The number of H-pyrrole nitrogens is 1. The van der Waals surface area contributed by atoms with Crippen molar-refractivity contribution in [3.8, 4) is 0 Å². The molecule has 2 rings (SSSR count). The van der Waals surface area contributed by atoms with Gasteiger partial charge in [-0.05, 0) is 30.5 Å². The normalized spacial score (nSPS) is 11.3. The minimum Gasteiger partial charge on any atom is -0.481 e. The van der Waals surface area contributed by atoms with Gasteiger partial charge in [0.1, 0.15) is 5.82 Å². The van der Waals surface area contributed by atoms with Gasteiger partial charge in [0.2, 0.25) is 0 Å². The summed E-state index contributed by atoms with van der Waals surface area (Å²) in [7, 11) is 0. The Balaban J connectivity index is 2.36. The van der Waals surface area contributed by atoms with E-state index in [4.69, 9.17) is 5.11 Å². The number of nitrogens with zero attached hydrogens (tertiary/aromatic N) is 1. The van der Waals surface area contributed by atoms with Crippen LogP contribution >= 0.6 is 0 Å². The Morgan fingerprint density at radius 1 is 1.39 bits per heavy atom. The minimum absolute atomic E-state index is 0.0509. The number of benzene rings is 1. The molecule has 0 saturated heterocycles. The second kappa shape index (κ2) is 5.21. The highest BCUT2D eigenvalue weighted by Gasteiger charge is 2.12. The van der Waals surface area contributed by atoms with Gasteiger partial charge in [0, 0.05) is 5.92 Å². The molecule has 0 spiro atoms. The highest BCUT2D eigenvalue weighted by atomic mass is 16.4. The predicted octanol–water partition coefficient (Wildman–Crippen LogP) is 3.09. The molecule has 1 heterocycles. The molecule has 4 nitrogen and oxygen atoms in total. The number of carboxylic acids is 1. The number of aromatic amines is 1. The first-order valence-electron chi connectivity index (χ1n) is 6.34. The SMILES string of the molecule is CCC(CC)c1nc2ccc(CC(=O)O)cc2[nH]1. The van der Waals surface area contributed by atoms with Crippen molar-refractivity contribution in [3.05, 3.63) is 29.6 Å². The first kappa shape index (κ1) is 12.6. The highest BCUT2D eigenvalue weighted by Crippen LogP contribution is 2.23. The molecule has 0 atom stereocenters. The van der Waals surface area contributed by atoms with Crippen molar-refractivity contribution in [2.24, 2.45) is 0 Å². The van der Waals surface area contributed by atoms with E-state index >= 15 is 0 Å². The lowest BCUT2D eigenvalue weighted by Gasteiger charge is -2.07. The number of nitrogens with one attached hydrogen (secondary N) is 1. The maximum Gasteiger partial charge on any atom is 0.307 e. The molecule has 2 aromatic rings. The fourth-order valence-corrected chi connectivity index (χ4v) is 2.23. The van der Waals surface area contributed by atoms with Crippen molar-refractivity contribution >= 4 is 17.0 Å². The van der Waals surface area contributed by atoms with E-state index in [1.165, 1.54) is 0 Å². The lowest BCUT2D eigenvalue weighted by molar-refractivity contribution is -0.136. The van der Waals surface area contributed by atoms with Crippen LogP contribution in [0.1, 0.15) is 44.0 Å². The average molecular weight is 246 g/mol. The van der Waals surface area contributed by atoms with Crippen molar-refractivity contribution < 1.29 is 9.90 Å². The third-order valence-electron chi connectivity index (χ3n) is 3.29. The topological polar surface area (TPSA) is 66.0 Å². The summed E-state index contributed by atoms with van der Waals surface area (Å²) >= 11 is 0. The fraction of sp³-hybridized carbons (Fsp3) is 0.429. The Kier molecular flexibility index (Phi) is 3.65. The van der Waals surface area contributed by atoms with E-state index in [1.54, 1.807) is 0 Å². The Morgan fingerprint density at radius 3 is 2.72 bits per heavy atom. The van der Waals surface area contributed by atoms with Gasteiger partial charge >= 0.3 is 5.97 Å². The predicted molar refractivity (Wildman–Crippen MR) is 70.8 cm³/mol. The number of aromatic nitrogens is 2. The summed E-state index contributed by atoms with van der Waals surface area (Å²) in [6, 6.07) is 5.59. The summed E-state index contributed by atoms with van der Waals surface area (Å²) in [6.45, 7) is 4.30. The number of hydrogen-bond acceptors (Lipinski definition) is 2. The van der Waals surface area contributed by atoms with Crippen LogP contribution in [0.25, 0.3) is 11.0 Å². The second-order valence-corrected chi connectivity index (χ2v) is 4.56. The molecule has 96 valence electrons. The molecule has 0 fully saturated rings. The quantitative estimate of drug-likeness (QED) is 0.852. The number of imidazole rings is 1. The van der Waals surface area contributed by atoms with Gasteiger partial charge in [-0.25, -0.2) is 4.98 Å². The number of aliphatic carboxylic acids is 1. The molecule has 0 bridgehead atoms. The van der Waals surface area contributed by atoms with Gasteiger partial charge in [-0.2, -0.15) is 0 Å². The molecular formula is C14H18N2O2. The number of carboxylic acid groups (broad SMARTS) is 1. The van der Waals surface area contributed by atoms with Crippen LogP contribution in [0.5, 0.6) is 0 Å². The summed E-state index contributed by atoms with van der Waals surface area (Å²) in [4.78, 5) is 18.6. The third-order valence-corrected chi connectivity index (χ3v) is 3.29. The van der Waals surface area contributed by atoms with E-state index in [0.717, 1.165) is 35.3 Å². The minimum atomic E-state index is -0.811. The Hall–Kier alpha value is -1.84. The number of hydrogen-bond donors (Lipinski definition) is 2. The number of fused-ring (bicyclic) bond motifs is 1. The van der Waals surface area contributed by atoms with Crippen LogP contribution in [0.2, 0.25) is 0 Å². The molecular weight excluding hydrogens is 228 g/mol. The third kappa shape index (κ3) is 2.53. The van der Waals surface area contributed by atoms with Crippen molar-refractivity contribution in [1.29, 1.82) is 0 Å². The zero-order valence-electron chi connectivity index (χ0n) is 10.7. The molecule has 4 heteroatoms. The highest BCUT2D eigenvalue weighted by molar-refractivity contribution is 5.78. The molecule has 1 aromatic heterocycles. The summed E-state index contributed by atoms with van der Waals surface area (Å²) < 4.78 is 0. The monoisotopic (exact) mass is 246 g/mol. The Labute approximate surface area is 106 Å². The van der Waals surface area contributed by atoms with Crippen LogP contribution in [-0.2, 0) is 11.2 Å². The zero-order valence-corrected chi connectivity index (χ0v) is 10.7. The molecule has 0 aliphatic carbocycles. The molecule has 2 N–H and O–H groups in total. The number of carbonyl (C=O) groups is 1. The lowest BCUT2D eigenvalue weighted by Crippen LogP contribution is -1.99. The largest absolute Gasteiger partial charge is 0.481 e. The van der Waals surface area contributed by atoms with Gasteiger partial charge in [-0.15, -0.1) is 0 Å². The van der Waals surface area contributed by atoms with Crippen LogP contribution in [-0.4, -0.2) is 21.0 Å². The van der Waals surface area contributed by atoms with Gasteiger partial charge in [0.05, 0.1) is 17.5 Å². The molecule has 0 radical (unpaired) electrons. The summed E-state index contributed by atoms with van der Waals surface area (Å²) in [5.41, 5.74) is 2.64. The average Bonchev–Trinajstić information content (AvgIpc) is 2.72. The first-order valence-corrected chi connectivity index (χ1v) is 6.34. The van der Waals surface area contributed by atoms with Crippen LogP contribution in [0.15, 0.2) is 18.2 Å². The van der Waals surface area contributed by atoms with Crippen LogP contribution < -0.4 is 0 Å². The van der Waals surface area contributed by atoms with Gasteiger partial charge in [-0.3, -0.25) is 4.79 Å². The zero-order chi connectivity index (χ0) is 13.1. The molecule has 0 aliphatic heterocycles. The summed E-state index contributed by atoms with van der Waals surface area (Å²) in [6.07, 6.45) is 2.16. The lowest BCUT2D eigenvalue weighted by atomic mass is 10.0. The van der Waals surface area contributed by atoms with Crippen molar-refractivity contribution in [1.82, 2.24) is 9.97 Å². The number of rotatable bonds is 5. The van der Waals surface area contributed by atoms with E-state index in [2.05, 4.69) is 23.8 Å². The molecule has 0 aliphatic rings. The molecule has 0 saturated carbocycles. The second-order valence-electron chi connectivity index (χ2n) is 4.56. The van der Waals surface area contributed by atoms with Crippen LogP contribution in [0, 0.1) is 0 Å². The van der Waals surface area contributed by atoms with Crippen LogP contribution in [0.4, 0.5) is 0 Å². The van der Waals surface area contributed by atoms with Gasteiger partial charge in [0.25, 0.3) is 0 Å². The van der Waals surface area contributed by atoms with Gasteiger partial charge in [0.15, 0.2) is 0 Å². The maximum absolute atomic E-state index is 10.7. The maximum atomic E-state index is 10.7. The van der Waals surface area contributed by atoms with E-state index in [9.17, 15) is 4.79 Å². The Bertz CT molecular complexity index is 556. The molecule has 1 aromatic carbocycles. The molecule has 0 unspecified atom stereocenters. The fourth-order valence-electron chi connectivity index (χ4n) is 2.23.